The van der Waals surface area contributed by atoms with E-state index in [2.05, 4.69) is 10.6 Å². The molecule has 1 aliphatic rings. The van der Waals surface area contributed by atoms with Gasteiger partial charge in [-0.2, -0.15) is 0 Å². The number of carbonyl (C=O) groups is 3. The molecule has 0 unspecified atom stereocenters. The molecule has 3 rings (SSSR count). The van der Waals surface area contributed by atoms with Crippen molar-refractivity contribution >= 4 is 46.5 Å². The molecular weight excluding hydrogens is 360 g/mol. The molecule has 126 valence electrons. The zero-order valence-electron chi connectivity index (χ0n) is 12.9. The van der Waals surface area contributed by atoms with E-state index < -0.39 is 5.91 Å². The molecule has 0 saturated carbocycles. The van der Waals surface area contributed by atoms with Crippen molar-refractivity contribution in [3.05, 3.63) is 75.1 Å². The van der Waals surface area contributed by atoms with Gasteiger partial charge < -0.3 is 5.32 Å². The Balaban J connectivity index is 1.65. The van der Waals surface area contributed by atoms with Gasteiger partial charge in [-0.05, 0) is 47.2 Å². The van der Waals surface area contributed by atoms with Gasteiger partial charge in [-0.15, -0.1) is 0 Å². The minimum Gasteiger partial charge on any atom is -0.348 e. The molecule has 1 saturated heterocycles. The van der Waals surface area contributed by atoms with Crippen molar-refractivity contribution in [3.63, 3.8) is 0 Å². The van der Waals surface area contributed by atoms with Gasteiger partial charge in [0.1, 0.15) is 0 Å². The summed E-state index contributed by atoms with van der Waals surface area (Å²) < 4.78 is 0. The summed E-state index contributed by atoms with van der Waals surface area (Å²) in [6, 6.07) is 14.1. The second-order valence-electron chi connectivity index (χ2n) is 5.25. The summed E-state index contributed by atoms with van der Waals surface area (Å²) in [5.74, 6) is -0.626. The van der Waals surface area contributed by atoms with E-state index in [1.807, 2.05) is 18.2 Å². The number of imide groups is 1. The van der Waals surface area contributed by atoms with Crippen molar-refractivity contribution in [1.29, 1.82) is 0 Å². The van der Waals surface area contributed by atoms with Gasteiger partial charge in [0.15, 0.2) is 0 Å². The van der Waals surface area contributed by atoms with Crippen LogP contribution >= 0.6 is 23.4 Å². The molecule has 0 atom stereocenters. The van der Waals surface area contributed by atoms with Gasteiger partial charge in [0, 0.05) is 17.1 Å². The van der Waals surface area contributed by atoms with Crippen LogP contribution in [0.5, 0.6) is 0 Å². The fourth-order valence-corrected chi connectivity index (χ4v) is 3.11. The standard InChI is InChI=1S/C18H13ClN2O3S/c19-14-4-2-1-3-13(14)10-20-16(22)12-7-5-11(6-8-12)9-15-17(23)21-18(24)25-15/h1-9H,10H2,(H,20,22)(H,21,23,24)/b15-9-. The van der Waals surface area contributed by atoms with E-state index in [0.29, 0.717) is 22.0 Å². The second kappa shape index (κ2) is 7.55. The summed E-state index contributed by atoms with van der Waals surface area (Å²) in [6.45, 7) is 0.337. The summed E-state index contributed by atoms with van der Waals surface area (Å²) in [6.07, 6.45) is 1.61. The topological polar surface area (TPSA) is 75.3 Å². The molecule has 0 spiro atoms. The molecule has 0 aliphatic carbocycles. The van der Waals surface area contributed by atoms with Gasteiger partial charge in [0.05, 0.1) is 4.91 Å². The number of halogens is 1. The van der Waals surface area contributed by atoms with Gasteiger partial charge in [-0.25, -0.2) is 0 Å². The number of nitrogens with one attached hydrogen (secondary N) is 2. The first-order valence-corrected chi connectivity index (χ1v) is 8.59. The molecule has 0 aromatic heterocycles. The predicted octanol–water partition coefficient (Wildman–Crippen LogP) is 3.59. The lowest BCUT2D eigenvalue weighted by molar-refractivity contribution is -0.115. The average Bonchev–Trinajstić information content (AvgIpc) is 2.92. The zero-order chi connectivity index (χ0) is 17.8. The Kier molecular flexibility index (Phi) is 5.21. The summed E-state index contributed by atoms with van der Waals surface area (Å²) >= 11 is 6.92. The lowest BCUT2D eigenvalue weighted by Crippen LogP contribution is -2.22. The Morgan fingerprint density at radius 1 is 1.12 bits per heavy atom. The molecule has 0 radical (unpaired) electrons. The minimum atomic E-state index is -0.406. The maximum absolute atomic E-state index is 12.2. The summed E-state index contributed by atoms with van der Waals surface area (Å²) in [5.41, 5.74) is 2.07. The molecule has 1 aliphatic heterocycles. The summed E-state index contributed by atoms with van der Waals surface area (Å²) in [4.78, 5) is 35.2. The van der Waals surface area contributed by atoms with E-state index >= 15 is 0 Å². The van der Waals surface area contributed by atoms with Gasteiger partial charge >= 0.3 is 0 Å². The van der Waals surface area contributed by atoms with Gasteiger partial charge in [0.25, 0.3) is 17.1 Å². The molecule has 2 N–H and O–H groups in total. The van der Waals surface area contributed by atoms with Crippen molar-refractivity contribution in [3.8, 4) is 0 Å². The number of carbonyl (C=O) groups excluding carboxylic acids is 3. The SMILES string of the molecule is O=C1NC(=O)/C(=C/c2ccc(C(=O)NCc3ccccc3Cl)cc2)S1. The van der Waals surface area contributed by atoms with E-state index in [1.54, 1.807) is 36.4 Å². The Bertz CT molecular complexity index is 878. The molecule has 5 nitrogen and oxygen atoms in total. The van der Waals surface area contributed by atoms with Crippen LogP contribution in [0.2, 0.25) is 5.02 Å². The third-order valence-corrected chi connectivity index (χ3v) is 4.69. The van der Waals surface area contributed by atoms with E-state index in [1.165, 1.54) is 0 Å². The van der Waals surface area contributed by atoms with Crippen molar-refractivity contribution < 1.29 is 14.4 Å². The number of benzene rings is 2. The molecular formula is C18H13ClN2O3S. The molecule has 1 fully saturated rings. The largest absolute Gasteiger partial charge is 0.348 e. The fourth-order valence-electron chi connectivity index (χ4n) is 2.22. The molecule has 2 aromatic carbocycles. The van der Waals surface area contributed by atoms with Crippen LogP contribution in [0, 0.1) is 0 Å². The molecule has 0 bridgehead atoms. The van der Waals surface area contributed by atoms with Crippen LogP contribution in [-0.4, -0.2) is 17.1 Å². The first-order chi connectivity index (χ1) is 12.0. The van der Waals surface area contributed by atoms with Crippen LogP contribution in [0.15, 0.2) is 53.4 Å². The molecule has 2 aromatic rings. The van der Waals surface area contributed by atoms with Crippen LogP contribution in [-0.2, 0) is 11.3 Å². The highest BCUT2D eigenvalue weighted by Gasteiger charge is 2.24. The lowest BCUT2D eigenvalue weighted by Gasteiger charge is -2.07. The number of amides is 3. The van der Waals surface area contributed by atoms with Gasteiger partial charge in [0.2, 0.25) is 0 Å². The van der Waals surface area contributed by atoms with Crippen LogP contribution in [0.3, 0.4) is 0 Å². The van der Waals surface area contributed by atoms with E-state index in [9.17, 15) is 14.4 Å². The Hall–Kier alpha value is -2.57. The second-order valence-corrected chi connectivity index (χ2v) is 6.67. The van der Waals surface area contributed by atoms with Crippen molar-refractivity contribution in [1.82, 2.24) is 10.6 Å². The number of rotatable bonds is 4. The van der Waals surface area contributed by atoms with Gasteiger partial charge in [-0.3, -0.25) is 19.7 Å². The van der Waals surface area contributed by atoms with E-state index in [4.69, 9.17) is 11.6 Å². The van der Waals surface area contributed by atoms with Gasteiger partial charge in [-0.1, -0.05) is 41.9 Å². The molecule has 1 heterocycles. The average molecular weight is 373 g/mol. The maximum Gasteiger partial charge on any atom is 0.290 e. The van der Waals surface area contributed by atoms with Crippen molar-refractivity contribution in [2.75, 3.05) is 0 Å². The quantitative estimate of drug-likeness (QED) is 0.804. The monoisotopic (exact) mass is 372 g/mol. The van der Waals surface area contributed by atoms with Crippen molar-refractivity contribution in [2.24, 2.45) is 0 Å². The number of hydrogen-bond donors (Lipinski definition) is 2. The summed E-state index contributed by atoms with van der Waals surface area (Å²) in [7, 11) is 0. The number of thioether (sulfide) groups is 1. The Labute approximate surface area is 153 Å². The highest BCUT2D eigenvalue weighted by atomic mass is 35.5. The van der Waals surface area contributed by atoms with Crippen LogP contribution in [0.4, 0.5) is 4.79 Å². The maximum atomic E-state index is 12.2. The fraction of sp³-hybridized carbons (Fsp3) is 0.0556. The van der Waals surface area contributed by atoms with Crippen molar-refractivity contribution in [2.45, 2.75) is 6.54 Å². The highest BCUT2D eigenvalue weighted by Crippen LogP contribution is 2.25. The van der Waals surface area contributed by atoms with E-state index in [-0.39, 0.29) is 11.1 Å². The Morgan fingerprint density at radius 2 is 1.84 bits per heavy atom. The third kappa shape index (κ3) is 4.29. The van der Waals surface area contributed by atoms with Crippen LogP contribution in [0.25, 0.3) is 6.08 Å². The van der Waals surface area contributed by atoms with Crippen LogP contribution < -0.4 is 10.6 Å². The molecule has 25 heavy (non-hydrogen) atoms. The van der Waals surface area contributed by atoms with Crippen LogP contribution in [0.1, 0.15) is 21.5 Å². The number of hydrogen-bond acceptors (Lipinski definition) is 4. The normalized spacial score (nSPS) is 15.3. The molecule has 7 heteroatoms. The first kappa shape index (κ1) is 17.3. The predicted molar refractivity (Wildman–Crippen MR) is 98.2 cm³/mol. The zero-order valence-corrected chi connectivity index (χ0v) is 14.5. The third-order valence-electron chi connectivity index (χ3n) is 3.51. The molecule has 3 amide bonds. The Morgan fingerprint density at radius 3 is 2.48 bits per heavy atom. The first-order valence-electron chi connectivity index (χ1n) is 7.39. The summed E-state index contributed by atoms with van der Waals surface area (Å²) in [5, 5.41) is 5.23. The highest BCUT2D eigenvalue weighted by molar-refractivity contribution is 8.18. The lowest BCUT2D eigenvalue weighted by atomic mass is 10.1. The van der Waals surface area contributed by atoms with E-state index in [0.717, 1.165) is 22.9 Å². The smallest absolute Gasteiger partial charge is 0.290 e. The minimum absolute atomic E-state index is 0.220.